The standard InChI is InChI=1S/C21H22F3N5O3S/c1-11(2)9-29-17-16(19(31)28(4)20(29)32)18(26-12(3)25-17)33-10-15(30)27-14-7-5-6-13(8-14)21(22,23)24/h5-8,11H,9-10H2,1-4H3,(H,27,30). The first kappa shape index (κ1) is 24.5. The molecule has 0 spiro atoms. The van der Waals surface area contributed by atoms with Crippen molar-refractivity contribution in [2.24, 2.45) is 13.0 Å². The second-order valence-electron chi connectivity index (χ2n) is 7.84. The average Bonchev–Trinajstić information content (AvgIpc) is 2.72. The maximum Gasteiger partial charge on any atom is 0.416 e. The van der Waals surface area contributed by atoms with E-state index in [-0.39, 0.29) is 33.4 Å². The first-order valence-electron chi connectivity index (χ1n) is 9.96. The van der Waals surface area contributed by atoms with Crippen LogP contribution in [-0.4, -0.2) is 30.8 Å². The van der Waals surface area contributed by atoms with Gasteiger partial charge in [0.15, 0.2) is 5.65 Å². The highest BCUT2D eigenvalue weighted by Crippen LogP contribution is 2.31. The minimum Gasteiger partial charge on any atom is -0.325 e. The Morgan fingerprint density at radius 1 is 1.21 bits per heavy atom. The summed E-state index contributed by atoms with van der Waals surface area (Å²) in [7, 11) is 1.36. The van der Waals surface area contributed by atoms with E-state index in [0.29, 0.717) is 12.4 Å². The van der Waals surface area contributed by atoms with E-state index in [2.05, 4.69) is 15.3 Å². The van der Waals surface area contributed by atoms with E-state index in [0.717, 1.165) is 28.5 Å². The van der Waals surface area contributed by atoms with Crippen LogP contribution >= 0.6 is 11.8 Å². The number of thioether (sulfide) groups is 1. The highest BCUT2D eigenvalue weighted by molar-refractivity contribution is 8.00. The molecule has 0 aliphatic heterocycles. The number of amides is 1. The van der Waals surface area contributed by atoms with Gasteiger partial charge >= 0.3 is 11.9 Å². The van der Waals surface area contributed by atoms with Crippen LogP contribution in [0.25, 0.3) is 11.0 Å². The van der Waals surface area contributed by atoms with Crippen LogP contribution in [0.2, 0.25) is 0 Å². The third-order valence-corrected chi connectivity index (χ3v) is 5.60. The molecule has 12 heteroatoms. The molecule has 33 heavy (non-hydrogen) atoms. The van der Waals surface area contributed by atoms with Gasteiger partial charge in [-0.1, -0.05) is 31.7 Å². The summed E-state index contributed by atoms with van der Waals surface area (Å²) in [6.45, 7) is 5.78. The predicted octanol–water partition coefficient (Wildman–Crippen LogP) is 3.20. The highest BCUT2D eigenvalue weighted by atomic mass is 32.2. The highest BCUT2D eigenvalue weighted by Gasteiger charge is 2.30. The lowest BCUT2D eigenvalue weighted by Gasteiger charge is -2.15. The number of nitrogens with zero attached hydrogens (tertiary/aromatic N) is 4. The summed E-state index contributed by atoms with van der Waals surface area (Å²) in [6.07, 6.45) is -4.53. The number of benzene rings is 1. The van der Waals surface area contributed by atoms with Crippen molar-refractivity contribution in [1.29, 1.82) is 0 Å². The molecule has 2 heterocycles. The Balaban J connectivity index is 1.92. The molecule has 0 fully saturated rings. The number of hydrogen-bond acceptors (Lipinski definition) is 6. The Morgan fingerprint density at radius 2 is 1.91 bits per heavy atom. The van der Waals surface area contributed by atoms with Crippen molar-refractivity contribution in [3.05, 3.63) is 56.5 Å². The van der Waals surface area contributed by atoms with Crippen LogP contribution < -0.4 is 16.6 Å². The van der Waals surface area contributed by atoms with E-state index in [1.165, 1.54) is 23.7 Å². The van der Waals surface area contributed by atoms with Crippen molar-refractivity contribution >= 4 is 34.4 Å². The molecule has 1 aromatic carbocycles. The first-order valence-corrected chi connectivity index (χ1v) is 10.9. The molecule has 8 nitrogen and oxygen atoms in total. The molecule has 0 saturated heterocycles. The Hall–Kier alpha value is -3.15. The molecular formula is C21H22F3N5O3S. The van der Waals surface area contributed by atoms with Crippen LogP contribution in [0, 0.1) is 12.8 Å². The van der Waals surface area contributed by atoms with Crippen LogP contribution in [0.1, 0.15) is 25.2 Å². The molecule has 0 aliphatic carbocycles. The number of alkyl halides is 3. The molecule has 3 aromatic rings. The lowest BCUT2D eigenvalue weighted by atomic mass is 10.2. The van der Waals surface area contributed by atoms with Crippen molar-refractivity contribution in [3.8, 4) is 0 Å². The minimum absolute atomic E-state index is 0.000775. The fourth-order valence-electron chi connectivity index (χ4n) is 3.18. The molecule has 1 N–H and O–H groups in total. The molecule has 3 rings (SSSR count). The number of aryl methyl sites for hydroxylation is 1. The Bertz CT molecular complexity index is 1330. The van der Waals surface area contributed by atoms with Gasteiger partial charge in [-0.15, -0.1) is 0 Å². The smallest absolute Gasteiger partial charge is 0.325 e. The van der Waals surface area contributed by atoms with Crippen LogP contribution in [0.4, 0.5) is 18.9 Å². The van der Waals surface area contributed by atoms with Crippen molar-refractivity contribution in [2.75, 3.05) is 11.1 Å². The molecular weight excluding hydrogens is 459 g/mol. The topological polar surface area (TPSA) is 98.9 Å². The normalized spacial score (nSPS) is 11.9. The summed E-state index contributed by atoms with van der Waals surface area (Å²) in [5.41, 5.74) is -1.78. The number of aromatic nitrogens is 4. The fourth-order valence-corrected chi connectivity index (χ4v) is 4.04. The summed E-state index contributed by atoms with van der Waals surface area (Å²) in [5, 5.41) is 2.75. The first-order chi connectivity index (χ1) is 15.4. The summed E-state index contributed by atoms with van der Waals surface area (Å²) in [4.78, 5) is 46.4. The third kappa shape index (κ3) is 5.44. The molecule has 1 amide bonds. The van der Waals surface area contributed by atoms with Crippen LogP contribution in [-0.2, 0) is 24.6 Å². The largest absolute Gasteiger partial charge is 0.416 e. The number of hydrogen-bond donors (Lipinski definition) is 1. The van der Waals surface area contributed by atoms with Gasteiger partial charge in [0.25, 0.3) is 5.56 Å². The number of anilines is 1. The van der Waals surface area contributed by atoms with Gasteiger partial charge in [0.05, 0.1) is 11.3 Å². The van der Waals surface area contributed by atoms with Gasteiger partial charge in [-0.3, -0.25) is 18.7 Å². The summed E-state index contributed by atoms with van der Waals surface area (Å²) >= 11 is 0.943. The van der Waals surface area contributed by atoms with Crippen molar-refractivity contribution in [1.82, 2.24) is 19.1 Å². The molecule has 0 radical (unpaired) electrons. The zero-order valence-electron chi connectivity index (χ0n) is 18.4. The molecule has 2 aromatic heterocycles. The van der Waals surface area contributed by atoms with E-state index in [9.17, 15) is 27.6 Å². The van der Waals surface area contributed by atoms with Crippen molar-refractivity contribution in [3.63, 3.8) is 0 Å². The minimum atomic E-state index is -4.53. The zero-order chi connectivity index (χ0) is 24.5. The number of carbonyl (C=O) groups excluding carboxylic acids is 1. The van der Waals surface area contributed by atoms with E-state index in [1.807, 2.05) is 13.8 Å². The number of fused-ring (bicyclic) bond motifs is 1. The molecule has 0 aliphatic rings. The van der Waals surface area contributed by atoms with E-state index >= 15 is 0 Å². The summed E-state index contributed by atoms with van der Waals surface area (Å²) in [5.74, 6) is -0.369. The van der Waals surface area contributed by atoms with Crippen LogP contribution in [0.3, 0.4) is 0 Å². The second-order valence-corrected chi connectivity index (χ2v) is 8.81. The average molecular weight is 482 g/mol. The Labute approximate surface area is 190 Å². The van der Waals surface area contributed by atoms with Crippen LogP contribution in [0.15, 0.2) is 38.9 Å². The monoisotopic (exact) mass is 481 g/mol. The van der Waals surface area contributed by atoms with Gasteiger partial charge in [0.1, 0.15) is 16.2 Å². The molecule has 0 bridgehead atoms. The Kier molecular flexibility index (Phi) is 6.96. The van der Waals surface area contributed by atoms with Gasteiger partial charge in [-0.25, -0.2) is 14.8 Å². The summed E-state index contributed by atoms with van der Waals surface area (Å²) in [6, 6.07) is 4.30. The van der Waals surface area contributed by atoms with Gasteiger partial charge in [-0.2, -0.15) is 13.2 Å². The zero-order valence-corrected chi connectivity index (χ0v) is 19.2. The lowest BCUT2D eigenvalue weighted by Crippen LogP contribution is -2.39. The van der Waals surface area contributed by atoms with Crippen molar-refractivity contribution in [2.45, 2.75) is 38.5 Å². The molecule has 0 atom stereocenters. The molecule has 176 valence electrons. The quantitative estimate of drug-likeness (QED) is 0.429. The predicted molar refractivity (Wildman–Crippen MR) is 119 cm³/mol. The fraction of sp³-hybridized carbons (Fsp3) is 0.381. The Morgan fingerprint density at radius 3 is 2.55 bits per heavy atom. The van der Waals surface area contributed by atoms with Gasteiger partial charge in [0.2, 0.25) is 5.91 Å². The molecule has 0 saturated carbocycles. The maximum absolute atomic E-state index is 12.9. The number of rotatable bonds is 6. The van der Waals surface area contributed by atoms with Gasteiger partial charge in [0, 0.05) is 19.3 Å². The van der Waals surface area contributed by atoms with Gasteiger partial charge in [-0.05, 0) is 31.0 Å². The summed E-state index contributed by atoms with van der Waals surface area (Å²) < 4.78 is 41.0. The van der Waals surface area contributed by atoms with E-state index in [4.69, 9.17) is 0 Å². The number of carbonyl (C=O) groups is 1. The maximum atomic E-state index is 12.9. The van der Waals surface area contributed by atoms with E-state index < -0.39 is 28.9 Å². The number of nitrogens with one attached hydrogen (secondary N) is 1. The third-order valence-electron chi connectivity index (χ3n) is 4.62. The van der Waals surface area contributed by atoms with E-state index in [1.54, 1.807) is 6.92 Å². The SMILES string of the molecule is Cc1nc(SCC(=O)Nc2cccc(C(F)(F)F)c2)c2c(=O)n(C)c(=O)n(CC(C)C)c2n1. The number of halogens is 3. The van der Waals surface area contributed by atoms with Crippen LogP contribution in [0.5, 0.6) is 0 Å². The second kappa shape index (κ2) is 9.38. The van der Waals surface area contributed by atoms with Crippen molar-refractivity contribution < 1.29 is 18.0 Å². The molecule has 0 unspecified atom stereocenters. The van der Waals surface area contributed by atoms with Gasteiger partial charge < -0.3 is 5.32 Å². The lowest BCUT2D eigenvalue weighted by molar-refractivity contribution is -0.137.